The number of halogens is 1. The third kappa shape index (κ3) is 9.15. The van der Waals surface area contributed by atoms with Gasteiger partial charge in [0.15, 0.2) is 5.90 Å². The summed E-state index contributed by atoms with van der Waals surface area (Å²) in [5, 5.41) is 22.3. The zero-order chi connectivity index (χ0) is 24.9. The second-order valence-electron chi connectivity index (χ2n) is 8.16. The number of aromatic hydroxyl groups is 1. The Morgan fingerprint density at radius 2 is 1.85 bits per heavy atom. The Balaban J connectivity index is 2.21. The molecule has 0 aromatic heterocycles. The van der Waals surface area contributed by atoms with Crippen molar-refractivity contribution in [2.24, 2.45) is 21.8 Å². The van der Waals surface area contributed by atoms with Gasteiger partial charge in [0, 0.05) is 37.2 Å². The molecule has 0 aliphatic rings. The fourth-order valence-corrected chi connectivity index (χ4v) is 3.44. The predicted molar refractivity (Wildman–Crippen MR) is 137 cm³/mol. The quantitative estimate of drug-likeness (QED) is 0.244. The van der Waals surface area contributed by atoms with E-state index in [1.54, 1.807) is 32.2 Å². The first-order chi connectivity index (χ1) is 16.3. The van der Waals surface area contributed by atoms with Crippen LogP contribution in [0.25, 0.3) is 0 Å². The number of amides is 1. The van der Waals surface area contributed by atoms with E-state index in [4.69, 9.17) is 21.4 Å². The Morgan fingerprint density at radius 3 is 2.50 bits per heavy atom. The molecule has 2 rings (SSSR count). The third-order valence-electron chi connectivity index (χ3n) is 5.29. The number of unbranched alkanes of at least 4 members (excludes halogenated alkanes) is 2. The van der Waals surface area contributed by atoms with Crippen molar-refractivity contribution in [3.8, 4) is 11.5 Å². The first-order valence-electron chi connectivity index (χ1n) is 11.5. The second-order valence-corrected chi connectivity index (χ2v) is 8.60. The molecule has 0 saturated heterocycles. The summed E-state index contributed by atoms with van der Waals surface area (Å²) in [6.45, 7) is 4.42. The number of hydrogen-bond donors (Lipinski definition) is 3. The highest BCUT2D eigenvalue weighted by Crippen LogP contribution is 2.21. The summed E-state index contributed by atoms with van der Waals surface area (Å²) in [5.41, 5.74) is 1.06. The van der Waals surface area contributed by atoms with Crippen molar-refractivity contribution < 1.29 is 19.7 Å². The van der Waals surface area contributed by atoms with E-state index >= 15 is 0 Å². The third-order valence-corrected chi connectivity index (χ3v) is 5.54. The lowest BCUT2D eigenvalue weighted by Gasteiger charge is -2.18. The molecule has 0 heterocycles. The van der Waals surface area contributed by atoms with Crippen LogP contribution < -0.4 is 10.1 Å². The maximum atomic E-state index is 12.7. The molecule has 0 spiro atoms. The molecule has 2 atom stereocenters. The number of aliphatic imine (C=N–C) groups is 2. The Morgan fingerprint density at radius 1 is 1.12 bits per heavy atom. The van der Waals surface area contributed by atoms with Gasteiger partial charge in [0.05, 0.1) is 5.92 Å². The van der Waals surface area contributed by atoms with Gasteiger partial charge in [0.1, 0.15) is 17.3 Å². The standard InChI is InChI=1S/C26H34ClN3O4/c1-18(16-20-10-12-21(27)13-11-20)26(34-23-9-7-8-22(32)17-23)30-24(28-3)19(2)25(33)29-14-5-4-6-15-31/h7-13,17-19,31-32H,4-6,14-16H2,1-3H3,(H,29,33). The molecule has 8 heteroatoms. The lowest BCUT2D eigenvalue weighted by atomic mass is 10.0. The summed E-state index contributed by atoms with van der Waals surface area (Å²) < 4.78 is 6.07. The molecular formula is C26H34ClN3O4. The number of rotatable bonds is 11. The molecule has 1 amide bonds. The number of carbonyl (C=O) groups is 1. The van der Waals surface area contributed by atoms with Gasteiger partial charge in [-0.15, -0.1) is 0 Å². The Labute approximate surface area is 206 Å². The van der Waals surface area contributed by atoms with Gasteiger partial charge >= 0.3 is 0 Å². The van der Waals surface area contributed by atoms with E-state index < -0.39 is 5.92 Å². The van der Waals surface area contributed by atoms with Gasteiger partial charge in [-0.2, -0.15) is 0 Å². The number of carbonyl (C=O) groups excluding carboxylic acids is 1. The summed E-state index contributed by atoms with van der Waals surface area (Å²) in [4.78, 5) is 21.6. The van der Waals surface area contributed by atoms with Crippen LogP contribution in [0.5, 0.6) is 11.5 Å². The number of hydrogen-bond acceptors (Lipinski definition) is 5. The summed E-state index contributed by atoms with van der Waals surface area (Å²) in [6, 6.07) is 14.1. The minimum Gasteiger partial charge on any atom is -0.508 e. The van der Waals surface area contributed by atoms with Crippen LogP contribution in [-0.2, 0) is 11.2 Å². The number of nitrogens with zero attached hydrogens (tertiary/aromatic N) is 2. The molecule has 3 N–H and O–H groups in total. The van der Waals surface area contributed by atoms with Crippen molar-refractivity contribution in [3.63, 3.8) is 0 Å². The van der Waals surface area contributed by atoms with Crippen molar-refractivity contribution in [1.82, 2.24) is 5.32 Å². The van der Waals surface area contributed by atoms with E-state index in [1.165, 1.54) is 6.07 Å². The summed E-state index contributed by atoms with van der Waals surface area (Å²) in [6.07, 6.45) is 3.00. The van der Waals surface area contributed by atoms with Crippen LogP contribution in [0.4, 0.5) is 0 Å². The number of aliphatic hydroxyl groups excluding tert-OH is 1. The van der Waals surface area contributed by atoms with Gasteiger partial charge in [-0.3, -0.25) is 9.79 Å². The number of ether oxygens (including phenoxy) is 1. The molecule has 184 valence electrons. The number of phenolic OH excluding ortho intramolecular Hbond substituents is 1. The number of phenols is 1. The average Bonchev–Trinajstić information content (AvgIpc) is 2.82. The fraction of sp³-hybridized carbons (Fsp3) is 0.423. The molecule has 2 unspecified atom stereocenters. The maximum absolute atomic E-state index is 12.7. The average molecular weight is 488 g/mol. The van der Waals surface area contributed by atoms with Crippen LogP contribution in [-0.4, -0.2) is 48.1 Å². The highest BCUT2D eigenvalue weighted by atomic mass is 35.5. The number of nitrogens with one attached hydrogen (secondary N) is 1. The molecule has 0 aliphatic carbocycles. The van der Waals surface area contributed by atoms with Gasteiger partial charge in [-0.25, -0.2) is 4.99 Å². The van der Waals surface area contributed by atoms with Gasteiger partial charge in [-0.1, -0.05) is 36.7 Å². The Hall–Kier alpha value is -2.90. The zero-order valence-electron chi connectivity index (χ0n) is 20.0. The normalized spacial score (nSPS) is 13.9. The number of benzene rings is 2. The lowest BCUT2D eigenvalue weighted by molar-refractivity contribution is -0.122. The zero-order valence-corrected chi connectivity index (χ0v) is 20.8. The second kappa shape index (κ2) is 14.4. The minimum atomic E-state index is -0.576. The highest BCUT2D eigenvalue weighted by molar-refractivity contribution is 6.30. The van der Waals surface area contributed by atoms with Crippen LogP contribution in [0.1, 0.15) is 38.7 Å². The molecule has 0 aliphatic heterocycles. The predicted octanol–water partition coefficient (Wildman–Crippen LogP) is 4.64. The molecule has 2 aromatic rings. The number of aliphatic hydroxyl groups is 1. The van der Waals surface area contributed by atoms with Crippen LogP contribution in [0, 0.1) is 11.8 Å². The molecule has 34 heavy (non-hydrogen) atoms. The molecule has 0 radical (unpaired) electrons. The summed E-state index contributed by atoms with van der Waals surface area (Å²) in [5.74, 6) is 0.381. The van der Waals surface area contributed by atoms with Crippen LogP contribution in [0.2, 0.25) is 5.02 Å². The fourth-order valence-electron chi connectivity index (χ4n) is 3.31. The van der Waals surface area contributed by atoms with Gasteiger partial charge in [-0.05, 0) is 62.4 Å². The van der Waals surface area contributed by atoms with Crippen molar-refractivity contribution in [2.45, 2.75) is 39.5 Å². The van der Waals surface area contributed by atoms with E-state index in [2.05, 4.69) is 15.3 Å². The van der Waals surface area contributed by atoms with Crippen LogP contribution in [0.3, 0.4) is 0 Å². The topological polar surface area (TPSA) is 104 Å². The Bertz CT molecular complexity index is 976. The number of amidine groups is 1. The van der Waals surface area contributed by atoms with Crippen molar-refractivity contribution in [2.75, 3.05) is 20.2 Å². The molecule has 7 nitrogen and oxygen atoms in total. The first-order valence-corrected chi connectivity index (χ1v) is 11.9. The highest BCUT2D eigenvalue weighted by Gasteiger charge is 2.22. The molecule has 0 saturated carbocycles. The minimum absolute atomic E-state index is 0.0838. The molecule has 0 bridgehead atoms. The Kier molecular flexibility index (Phi) is 11.6. The first kappa shape index (κ1) is 27.3. The summed E-state index contributed by atoms with van der Waals surface area (Å²) >= 11 is 6.01. The smallest absolute Gasteiger partial charge is 0.230 e. The van der Waals surface area contributed by atoms with E-state index in [-0.39, 0.29) is 24.2 Å². The van der Waals surface area contributed by atoms with Gasteiger partial charge in [0.2, 0.25) is 5.91 Å². The largest absolute Gasteiger partial charge is 0.508 e. The van der Waals surface area contributed by atoms with Gasteiger partial charge < -0.3 is 20.3 Å². The van der Waals surface area contributed by atoms with Crippen molar-refractivity contribution in [1.29, 1.82) is 0 Å². The molecular weight excluding hydrogens is 454 g/mol. The summed E-state index contributed by atoms with van der Waals surface area (Å²) in [7, 11) is 1.60. The van der Waals surface area contributed by atoms with Crippen LogP contribution in [0.15, 0.2) is 58.5 Å². The molecule has 0 fully saturated rings. The van der Waals surface area contributed by atoms with E-state index in [0.29, 0.717) is 35.5 Å². The SMILES string of the molecule is CN=C(N=C(Oc1cccc(O)c1)C(C)Cc1ccc(Cl)cc1)C(C)C(=O)NCCCCCO. The monoisotopic (exact) mass is 487 g/mol. The van der Waals surface area contributed by atoms with Crippen LogP contribution >= 0.6 is 11.6 Å². The van der Waals surface area contributed by atoms with E-state index in [9.17, 15) is 9.90 Å². The molecule has 2 aromatic carbocycles. The maximum Gasteiger partial charge on any atom is 0.230 e. The van der Waals surface area contributed by atoms with E-state index in [1.807, 2.05) is 31.2 Å². The van der Waals surface area contributed by atoms with Gasteiger partial charge in [0.25, 0.3) is 0 Å². The van der Waals surface area contributed by atoms with Crippen molar-refractivity contribution in [3.05, 3.63) is 59.1 Å². The van der Waals surface area contributed by atoms with Crippen molar-refractivity contribution >= 4 is 29.2 Å². The van der Waals surface area contributed by atoms with E-state index in [0.717, 1.165) is 24.8 Å². The lowest BCUT2D eigenvalue weighted by Crippen LogP contribution is -2.35.